The normalized spacial score (nSPS) is 25.4. The molecule has 1 aromatic rings. The van der Waals surface area contributed by atoms with E-state index in [-0.39, 0.29) is 11.3 Å². The van der Waals surface area contributed by atoms with E-state index in [4.69, 9.17) is 0 Å². The molecule has 0 spiro atoms. The minimum Gasteiger partial charge on any atom is -0.207 e. The minimum absolute atomic E-state index is 0.0871. The summed E-state index contributed by atoms with van der Waals surface area (Å²) in [5.41, 5.74) is 0.0871. The predicted octanol–water partition coefficient (Wildman–Crippen LogP) is 2.51. The van der Waals surface area contributed by atoms with Crippen molar-refractivity contribution in [1.82, 2.24) is 4.31 Å². The number of likely N-dealkylation sites (N-methyl/N-ethyl adjacent to an activating group) is 1. The van der Waals surface area contributed by atoms with E-state index in [2.05, 4.69) is 20.8 Å². The van der Waals surface area contributed by atoms with Crippen LogP contribution in [0.1, 0.15) is 31.6 Å². The Hall–Kier alpha value is -0.390. The first-order valence-corrected chi connectivity index (χ1v) is 7.60. The summed E-state index contributed by atoms with van der Waals surface area (Å²) >= 11 is 1.56. The lowest BCUT2D eigenvalue weighted by Gasteiger charge is -2.37. The zero-order valence-corrected chi connectivity index (χ0v) is 11.7. The van der Waals surface area contributed by atoms with Crippen LogP contribution in [0.2, 0.25) is 0 Å². The maximum absolute atomic E-state index is 12.1. The second kappa shape index (κ2) is 3.55. The molecular formula is C11H17NO2S2. The van der Waals surface area contributed by atoms with Crippen LogP contribution in [-0.2, 0) is 10.0 Å². The summed E-state index contributed by atoms with van der Waals surface area (Å²) in [4.78, 5) is 1.52. The first-order chi connectivity index (χ1) is 7.24. The number of hydrogen-bond acceptors (Lipinski definition) is 3. The molecule has 2 rings (SSSR count). The van der Waals surface area contributed by atoms with Gasteiger partial charge in [-0.05, 0) is 16.9 Å². The Morgan fingerprint density at radius 2 is 2.06 bits per heavy atom. The molecule has 5 heteroatoms. The number of thiophene rings is 1. The maximum atomic E-state index is 12.1. The number of fused-ring (bicyclic) bond motifs is 1. The topological polar surface area (TPSA) is 37.4 Å². The molecule has 1 atom stereocenters. The second-order valence-corrected chi connectivity index (χ2v) is 8.31. The molecular weight excluding hydrogens is 242 g/mol. The Kier molecular flexibility index (Phi) is 2.68. The molecule has 0 saturated carbocycles. The predicted molar refractivity (Wildman–Crippen MR) is 66.3 cm³/mol. The fourth-order valence-corrected chi connectivity index (χ4v) is 5.04. The quantitative estimate of drug-likeness (QED) is 0.718. The third-order valence-electron chi connectivity index (χ3n) is 3.15. The number of rotatable bonds is 0. The van der Waals surface area contributed by atoms with E-state index in [0.717, 1.165) is 4.88 Å². The van der Waals surface area contributed by atoms with E-state index in [1.165, 1.54) is 4.31 Å². The van der Waals surface area contributed by atoms with Gasteiger partial charge in [-0.1, -0.05) is 20.8 Å². The summed E-state index contributed by atoms with van der Waals surface area (Å²) in [5, 5.41) is 1.88. The molecule has 0 aromatic carbocycles. The Bertz CT molecular complexity index is 496. The lowest BCUT2D eigenvalue weighted by Crippen LogP contribution is -2.40. The van der Waals surface area contributed by atoms with E-state index < -0.39 is 10.0 Å². The Morgan fingerprint density at radius 1 is 1.44 bits per heavy atom. The van der Waals surface area contributed by atoms with Crippen molar-refractivity contribution in [2.45, 2.75) is 31.6 Å². The highest BCUT2D eigenvalue weighted by molar-refractivity contribution is 7.89. The van der Waals surface area contributed by atoms with Crippen LogP contribution in [0.5, 0.6) is 0 Å². The zero-order valence-electron chi connectivity index (χ0n) is 10.0. The van der Waals surface area contributed by atoms with E-state index in [1.807, 2.05) is 5.38 Å². The molecule has 1 aliphatic heterocycles. The van der Waals surface area contributed by atoms with Crippen LogP contribution in [0.3, 0.4) is 0 Å². The van der Waals surface area contributed by atoms with Gasteiger partial charge in [-0.25, -0.2) is 12.7 Å². The molecule has 90 valence electrons. The first-order valence-electron chi connectivity index (χ1n) is 5.28. The zero-order chi connectivity index (χ0) is 12.1. The van der Waals surface area contributed by atoms with Gasteiger partial charge in [0, 0.05) is 24.4 Å². The summed E-state index contributed by atoms with van der Waals surface area (Å²) in [6.45, 7) is 7.06. The Labute approximate surface area is 101 Å². The molecule has 0 fully saturated rings. The van der Waals surface area contributed by atoms with Crippen LogP contribution in [-0.4, -0.2) is 26.3 Å². The van der Waals surface area contributed by atoms with Gasteiger partial charge in [-0.2, -0.15) is 0 Å². The Balaban J connectivity index is 2.60. The Morgan fingerprint density at radius 3 is 2.62 bits per heavy atom. The van der Waals surface area contributed by atoms with E-state index in [1.54, 1.807) is 24.5 Å². The van der Waals surface area contributed by atoms with Gasteiger partial charge in [-0.15, -0.1) is 11.3 Å². The molecule has 16 heavy (non-hydrogen) atoms. The smallest absolute Gasteiger partial charge is 0.207 e. The molecule has 2 heterocycles. The minimum atomic E-state index is -3.23. The van der Waals surface area contributed by atoms with Crippen molar-refractivity contribution >= 4 is 21.4 Å². The largest absolute Gasteiger partial charge is 0.243 e. The van der Waals surface area contributed by atoms with Gasteiger partial charge >= 0.3 is 0 Å². The van der Waals surface area contributed by atoms with Crippen molar-refractivity contribution in [2.75, 3.05) is 13.6 Å². The molecule has 1 aliphatic rings. The van der Waals surface area contributed by atoms with Gasteiger partial charge < -0.3 is 0 Å². The summed E-state index contributed by atoms with van der Waals surface area (Å²) in [6, 6.07) is 1.73. The average molecular weight is 259 g/mol. The van der Waals surface area contributed by atoms with Crippen molar-refractivity contribution < 1.29 is 8.42 Å². The number of sulfonamides is 1. The van der Waals surface area contributed by atoms with Gasteiger partial charge in [-0.3, -0.25) is 0 Å². The van der Waals surface area contributed by atoms with Crippen LogP contribution in [0, 0.1) is 5.41 Å². The average Bonchev–Trinajstić information content (AvgIpc) is 2.58. The maximum Gasteiger partial charge on any atom is 0.243 e. The third-order valence-corrected chi connectivity index (χ3v) is 6.19. The van der Waals surface area contributed by atoms with Crippen molar-refractivity contribution in [3.8, 4) is 0 Å². The molecule has 1 aromatic heterocycles. The van der Waals surface area contributed by atoms with Crippen molar-refractivity contribution in [3.63, 3.8) is 0 Å². The van der Waals surface area contributed by atoms with E-state index in [9.17, 15) is 8.42 Å². The van der Waals surface area contributed by atoms with Crippen LogP contribution >= 0.6 is 11.3 Å². The van der Waals surface area contributed by atoms with Gasteiger partial charge in [0.05, 0.1) is 4.90 Å². The highest BCUT2D eigenvalue weighted by Crippen LogP contribution is 2.45. The molecule has 1 unspecified atom stereocenters. The molecule has 0 saturated heterocycles. The SMILES string of the molecule is CN1CC(C(C)(C)C)c2sccc2S1(=O)=O. The molecule has 0 bridgehead atoms. The monoisotopic (exact) mass is 259 g/mol. The molecule has 0 radical (unpaired) electrons. The first kappa shape index (κ1) is 12.1. The summed E-state index contributed by atoms with van der Waals surface area (Å²) in [7, 11) is -1.57. The van der Waals surface area contributed by atoms with Crippen LogP contribution < -0.4 is 0 Å². The summed E-state index contributed by atoms with van der Waals surface area (Å²) in [6.07, 6.45) is 0. The highest BCUT2D eigenvalue weighted by atomic mass is 32.2. The summed E-state index contributed by atoms with van der Waals surface area (Å²) < 4.78 is 25.6. The van der Waals surface area contributed by atoms with Gasteiger partial charge in [0.25, 0.3) is 0 Å². The number of nitrogens with zero attached hydrogens (tertiary/aromatic N) is 1. The third kappa shape index (κ3) is 1.71. The van der Waals surface area contributed by atoms with E-state index >= 15 is 0 Å². The fraction of sp³-hybridized carbons (Fsp3) is 0.636. The molecule has 0 N–H and O–H groups in total. The lowest BCUT2D eigenvalue weighted by molar-refractivity contribution is 0.270. The van der Waals surface area contributed by atoms with Gasteiger partial charge in [0.2, 0.25) is 10.0 Å². The van der Waals surface area contributed by atoms with Gasteiger partial charge in [0.15, 0.2) is 0 Å². The fourth-order valence-electron chi connectivity index (χ4n) is 2.05. The lowest BCUT2D eigenvalue weighted by atomic mass is 9.79. The second-order valence-electron chi connectivity index (χ2n) is 5.35. The molecule has 0 aliphatic carbocycles. The van der Waals surface area contributed by atoms with Crippen molar-refractivity contribution in [1.29, 1.82) is 0 Å². The standard InChI is InChI=1S/C11H17NO2S2/c1-11(2,3)8-7-12(4)16(13,14)9-5-6-15-10(8)9/h5-6,8H,7H2,1-4H3. The molecule has 0 amide bonds. The highest BCUT2D eigenvalue weighted by Gasteiger charge is 2.40. The van der Waals surface area contributed by atoms with Crippen LogP contribution in [0.15, 0.2) is 16.3 Å². The van der Waals surface area contributed by atoms with Gasteiger partial charge in [0.1, 0.15) is 0 Å². The van der Waals surface area contributed by atoms with Crippen molar-refractivity contribution in [2.24, 2.45) is 5.41 Å². The van der Waals surface area contributed by atoms with Crippen LogP contribution in [0.25, 0.3) is 0 Å². The van der Waals surface area contributed by atoms with Crippen LogP contribution in [0.4, 0.5) is 0 Å². The molecule has 3 nitrogen and oxygen atoms in total. The summed E-state index contributed by atoms with van der Waals surface area (Å²) in [5.74, 6) is 0.288. The number of hydrogen-bond donors (Lipinski definition) is 0. The van der Waals surface area contributed by atoms with E-state index in [0.29, 0.717) is 11.4 Å². The van der Waals surface area contributed by atoms with Crippen molar-refractivity contribution in [3.05, 3.63) is 16.3 Å².